The molecule has 0 aromatic carbocycles. The Bertz CT molecular complexity index is 917. The third-order valence-corrected chi connectivity index (χ3v) is 13.1. The molecule has 1 amide bonds. The molecule has 0 radical (unpaired) electrons. The smallest absolute Gasteiger partial charge is 0.219 e. The van der Waals surface area contributed by atoms with Gasteiger partial charge < -0.3 is 19.8 Å². The fraction of sp³-hybridized carbons (Fsp3) is 0.968. The van der Waals surface area contributed by atoms with Crippen LogP contribution in [0.25, 0.3) is 0 Å². The number of aliphatic hydroxyl groups excluding tert-OH is 1. The normalized spacial score (nSPS) is 50.7. The van der Waals surface area contributed by atoms with E-state index in [1.807, 2.05) is 0 Å². The lowest BCUT2D eigenvalue weighted by molar-refractivity contribution is -0.142. The maximum Gasteiger partial charge on any atom is 0.219 e. The number of carbonyl (C=O) groups is 1. The molecule has 10 atom stereocenters. The van der Waals surface area contributed by atoms with Crippen LogP contribution in [0, 0.1) is 45.3 Å². The van der Waals surface area contributed by atoms with Crippen molar-refractivity contribution in [1.82, 2.24) is 4.90 Å². The number of hydrogen-bond acceptors (Lipinski definition) is 4. The summed E-state index contributed by atoms with van der Waals surface area (Å²) in [6.07, 6.45) is 12.7. The topological polar surface area (TPSA) is 70.0 Å². The van der Waals surface area contributed by atoms with Gasteiger partial charge in [0.05, 0.1) is 23.9 Å². The van der Waals surface area contributed by atoms with E-state index in [4.69, 9.17) is 4.74 Å². The highest BCUT2D eigenvalue weighted by Crippen LogP contribution is 2.87. The number of rotatable bonds is 4. The first-order valence-corrected chi connectivity index (χ1v) is 15.0. The molecular formula is C31H53NO4. The van der Waals surface area contributed by atoms with Crippen LogP contribution < -0.4 is 0 Å². The van der Waals surface area contributed by atoms with E-state index in [0.29, 0.717) is 47.3 Å². The van der Waals surface area contributed by atoms with E-state index < -0.39 is 5.60 Å². The Labute approximate surface area is 220 Å². The van der Waals surface area contributed by atoms with Crippen molar-refractivity contribution in [3.8, 4) is 0 Å². The van der Waals surface area contributed by atoms with E-state index in [9.17, 15) is 15.0 Å². The summed E-state index contributed by atoms with van der Waals surface area (Å²) >= 11 is 0. The van der Waals surface area contributed by atoms with Crippen LogP contribution in [0.3, 0.4) is 0 Å². The van der Waals surface area contributed by atoms with Crippen molar-refractivity contribution in [1.29, 1.82) is 0 Å². The zero-order valence-corrected chi connectivity index (χ0v) is 23.7. The van der Waals surface area contributed by atoms with Crippen molar-refractivity contribution >= 4 is 5.91 Å². The molecule has 5 saturated carbocycles. The minimum atomic E-state index is -0.893. The summed E-state index contributed by atoms with van der Waals surface area (Å²) in [7, 11) is 0. The zero-order valence-electron chi connectivity index (χ0n) is 23.7. The summed E-state index contributed by atoms with van der Waals surface area (Å²) in [6, 6.07) is 0. The van der Waals surface area contributed by atoms with E-state index in [0.717, 1.165) is 24.7 Å². The van der Waals surface area contributed by atoms with Gasteiger partial charge in [-0.2, -0.15) is 0 Å². The zero-order chi connectivity index (χ0) is 25.9. The Balaban J connectivity index is 0.00000280. The summed E-state index contributed by atoms with van der Waals surface area (Å²) in [5, 5.41) is 21.2. The Hall–Kier alpha value is -0.650. The lowest BCUT2D eigenvalue weighted by Gasteiger charge is -2.59. The Morgan fingerprint density at radius 1 is 1.00 bits per heavy atom. The predicted molar refractivity (Wildman–Crippen MR) is 142 cm³/mol. The lowest BCUT2D eigenvalue weighted by Crippen LogP contribution is -2.54. The molecule has 1 saturated heterocycles. The number of amides is 1. The average Bonchev–Trinajstić information content (AvgIpc) is 3.36. The van der Waals surface area contributed by atoms with Gasteiger partial charge in [0.1, 0.15) is 0 Å². The first-order chi connectivity index (χ1) is 16.7. The third-order valence-electron chi connectivity index (χ3n) is 13.1. The van der Waals surface area contributed by atoms with E-state index in [1.165, 1.54) is 51.4 Å². The fourth-order valence-electron chi connectivity index (χ4n) is 11.5. The lowest BCUT2D eigenvalue weighted by atomic mass is 9.46. The monoisotopic (exact) mass is 503 g/mol. The van der Waals surface area contributed by atoms with Gasteiger partial charge in [-0.25, -0.2) is 0 Å². The average molecular weight is 504 g/mol. The van der Waals surface area contributed by atoms with Crippen LogP contribution in [0.2, 0.25) is 0 Å². The highest BCUT2D eigenvalue weighted by Gasteiger charge is 2.80. The molecule has 6 rings (SSSR count). The number of hydrogen-bond donors (Lipinski definition) is 2. The Morgan fingerprint density at radius 3 is 2.42 bits per heavy atom. The number of nitrogens with zero attached hydrogens (tertiary/aromatic N) is 1. The van der Waals surface area contributed by atoms with Gasteiger partial charge in [0.25, 0.3) is 0 Å². The quantitative estimate of drug-likeness (QED) is 0.537. The number of fused-ring (bicyclic) bond motifs is 4. The highest BCUT2D eigenvalue weighted by molar-refractivity contribution is 5.73. The van der Waals surface area contributed by atoms with E-state index in [1.54, 1.807) is 25.7 Å². The highest BCUT2D eigenvalue weighted by atomic mass is 16.5. The molecule has 206 valence electrons. The molecule has 0 aromatic heterocycles. The van der Waals surface area contributed by atoms with Crippen LogP contribution in [-0.2, 0) is 9.53 Å². The minimum Gasteiger partial charge on any atom is -0.393 e. The van der Waals surface area contributed by atoms with Gasteiger partial charge in [-0.15, -0.1) is 0 Å². The molecule has 5 nitrogen and oxygen atoms in total. The van der Waals surface area contributed by atoms with Gasteiger partial charge in [0, 0.05) is 21.4 Å². The largest absolute Gasteiger partial charge is 0.393 e. The SMILES string of the molecule is CC(=O)N(CC1CCC2C(CC3C4CCC5C(C)(C)[C@@H](O)CCC56C[C@@]46CC[C@]23C)O1)CC(C)(C)O.[HH]. The van der Waals surface area contributed by atoms with Gasteiger partial charge >= 0.3 is 0 Å². The maximum absolute atomic E-state index is 12.3. The molecule has 1 heterocycles. The molecule has 6 aliphatic rings. The molecular weight excluding hydrogens is 450 g/mol. The standard InChI is InChI=1S/C31H51NO4.H2/c1-19(33)32(18-27(2,3)35)16-20-7-8-22-24(36-20)15-23-21-9-10-25-28(4,5)26(34)11-12-31(25)17-30(21,31)14-13-29(22,23)6;/h20-26,34-35H,7-18H2,1-6H3;1H/t20?,21?,22?,23?,24?,25?,26-,29+,30-,31?;/m0./s1. The van der Waals surface area contributed by atoms with E-state index in [-0.39, 0.29) is 25.0 Å². The summed E-state index contributed by atoms with van der Waals surface area (Å²) in [6.45, 7) is 13.4. The fourth-order valence-corrected chi connectivity index (χ4v) is 11.5. The van der Waals surface area contributed by atoms with Crippen molar-refractivity contribution in [2.24, 2.45) is 45.3 Å². The molecule has 7 unspecified atom stereocenters. The molecule has 5 heteroatoms. The van der Waals surface area contributed by atoms with Gasteiger partial charge in [-0.1, -0.05) is 20.8 Å². The summed E-state index contributed by atoms with van der Waals surface area (Å²) in [4.78, 5) is 14.1. The summed E-state index contributed by atoms with van der Waals surface area (Å²) < 4.78 is 6.83. The molecule has 5 aliphatic carbocycles. The number of ether oxygens (including phenoxy) is 1. The number of carbonyl (C=O) groups excluding carboxylic acids is 1. The Kier molecular flexibility index (Phi) is 5.65. The van der Waals surface area contributed by atoms with Crippen LogP contribution in [0.15, 0.2) is 0 Å². The number of aliphatic hydroxyl groups is 2. The second-order valence-corrected chi connectivity index (χ2v) is 15.6. The molecule has 36 heavy (non-hydrogen) atoms. The molecule has 1 aliphatic heterocycles. The summed E-state index contributed by atoms with van der Waals surface area (Å²) in [5.74, 6) is 2.94. The minimum absolute atomic E-state index is 0. The second kappa shape index (κ2) is 7.94. The second-order valence-electron chi connectivity index (χ2n) is 15.6. The van der Waals surface area contributed by atoms with Crippen LogP contribution in [-0.4, -0.2) is 58.0 Å². The summed E-state index contributed by atoms with van der Waals surface area (Å²) in [5.41, 5.74) is 0.576. The van der Waals surface area contributed by atoms with Crippen molar-refractivity contribution in [2.45, 2.75) is 130 Å². The molecule has 6 fully saturated rings. The van der Waals surface area contributed by atoms with Crippen molar-refractivity contribution in [2.75, 3.05) is 13.1 Å². The molecule has 2 spiro atoms. The van der Waals surface area contributed by atoms with Crippen molar-refractivity contribution in [3.05, 3.63) is 0 Å². The third kappa shape index (κ3) is 3.47. The van der Waals surface area contributed by atoms with Gasteiger partial charge in [0.15, 0.2) is 0 Å². The van der Waals surface area contributed by atoms with Crippen molar-refractivity contribution < 1.29 is 21.2 Å². The first-order valence-electron chi connectivity index (χ1n) is 15.0. The van der Waals surface area contributed by atoms with E-state index >= 15 is 0 Å². The van der Waals surface area contributed by atoms with E-state index in [2.05, 4.69) is 20.8 Å². The van der Waals surface area contributed by atoms with Crippen LogP contribution in [0.5, 0.6) is 0 Å². The van der Waals surface area contributed by atoms with Crippen molar-refractivity contribution in [3.63, 3.8) is 0 Å². The molecule has 2 N–H and O–H groups in total. The maximum atomic E-state index is 12.3. The molecule has 0 aromatic rings. The molecule has 0 bridgehead atoms. The van der Waals surface area contributed by atoms with Crippen LogP contribution >= 0.6 is 0 Å². The van der Waals surface area contributed by atoms with Crippen LogP contribution in [0.4, 0.5) is 0 Å². The first kappa shape index (κ1) is 25.6. The van der Waals surface area contributed by atoms with Crippen LogP contribution in [0.1, 0.15) is 107 Å². The van der Waals surface area contributed by atoms with Gasteiger partial charge in [-0.3, -0.25) is 4.79 Å². The van der Waals surface area contributed by atoms with Gasteiger partial charge in [-0.05, 0) is 123 Å². The Morgan fingerprint density at radius 2 is 1.72 bits per heavy atom. The predicted octanol–water partition coefficient (Wildman–Crippen LogP) is 5.42. The van der Waals surface area contributed by atoms with Gasteiger partial charge in [0.2, 0.25) is 5.91 Å².